The smallest absolute Gasteiger partial charge is 0.171 e. The van der Waals surface area contributed by atoms with Gasteiger partial charge in [0.2, 0.25) is 0 Å². The quantitative estimate of drug-likeness (QED) is 0.907. The van der Waals surface area contributed by atoms with Crippen LogP contribution in [0.25, 0.3) is 5.82 Å². The predicted molar refractivity (Wildman–Crippen MR) is 59.6 cm³/mol. The van der Waals surface area contributed by atoms with Crippen molar-refractivity contribution in [3.63, 3.8) is 0 Å². The summed E-state index contributed by atoms with van der Waals surface area (Å²) in [5.41, 5.74) is 0.910. The van der Waals surface area contributed by atoms with Crippen LogP contribution in [-0.4, -0.2) is 26.8 Å². The number of rotatable bonds is 3. The Morgan fingerprint density at radius 3 is 2.73 bits per heavy atom. The van der Waals surface area contributed by atoms with Gasteiger partial charge in [0.1, 0.15) is 0 Å². The first-order valence-corrected chi connectivity index (χ1v) is 5.25. The molecule has 0 bridgehead atoms. The van der Waals surface area contributed by atoms with Gasteiger partial charge < -0.3 is 5.32 Å². The lowest BCUT2D eigenvalue weighted by molar-refractivity contribution is 0.770. The van der Waals surface area contributed by atoms with Crippen molar-refractivity contribution in [1.82, 2.24) is 25.1 Å². The van der Waals surface area contributed by atoms with Crippen molar-refractivity contribution in [3.8, 4) is 5.82 Å². The van der Waals surface area contributed by atoms with E-state index < -0.39 is 0 Å². The first kappa shape index (κ1) is 10.3. The van der Waals surface area contributed by atoms with Crippen LogP contribution in [0.2, 0.25) is 0 Å². The molecule has 78 valence electrons. The van der Waals surface area contributed by atoms with E-state index in [1.165, 1.54) is 0 Å². The van der Waals surface area contributed by atoms with Gasteiger partial charge in [0.05, 0.1) is 28.8 Å². The fraction of sp³-hybridized carbons (Fsp3) is 0.222. The topological polar surface area (TPSA) is 55.6 Å². The van der Waals surface area contributed by atoms with Crippen molar-refractivity contribution in [3.05, 3.63) is 35.0 Å². The number of hydrogen-bond donors (Lipinski definition) is 1. The van der Waals surface area contributed by atoms with Crippen LogP contribution in [0.15, 0.2) is 29.3 Å². The predicted octanol–water partition coefficient (Wildman–Crippen LogP) is 1.14. The van der Waals surface area contributed by atoms with Crippen molar-refractivity contribution in [1.29, 1.82) is 0 Å². The zero-order chi connectivity index (χ0) is 10.7. The van der Waals surface area contributed by atoms with E-state index in [-0.39, 0.29) is 0 Å². The second kappa shape index (κ2) is 4.50. The Morgan fingerprint density at radius 1 is 1.33 bits per heavy atom. The maximum atomic E-state index is 4.26. The molecule has 2 rings (SSSR count). The van der Waals surface area contributed by atoms with Crippen LogP contribution in [0.3, 0.4) is 0 Å². The molecule has 2 aromatic heterocycles. The summed E-state index contributed by atoms with van der Waals surface area (Å²) in [6.07, 6.45) is 6.98. The summed E-state index contributed by atoms with van der Waals surface area (Å²) < 4.78 is 2.59. The Labute approximate surface area is 95.7 Å². The maximum Gasteiger partial charge on any atom is 0.171 e. The second-order valence-corrected chi connectivity index (χ2v) is 3.92. The summed E-state index contributed by atoms with van der Waals surface area (Å²) in [5.74, 6) is 0.709. The second-order valence-electron chi connectivity index (χ2n) is 3.00. The van der Waals surface area contributed by atoms with E-state index in [1.807, 2.05) is 13.2 Å². The highest BCUT2D eigenvalue weighted by molar-refractivity contribution is 9.10. The van der Waals surface area contributed by atoms with Crippen LogP contribution in [0.4, 0.5) is 0 Å². The van der Waals surface area contributed by atoms with E-state index in [0.29, 0.717) is 5.82 Å². The molecule has 0 saturated carbocycles. The van der Waals surface area contributed by atoms with Gasteiger partial charge in [-0.2, -0.15) is 5.10 Å². The number of hydrogen-bond acceptors (Lipinski definition) is 4. The standard InChI is InChI=1S/C9H10BrN5/c1-11-3-8-4-13-9(5-12-8)15-6-7(10)2-14-15/h2,4-6,11H,3H2,1H3. The van der Waals surface area contributed by atoms with E-state index >= 15 is 0 Å². The molecule has 2 heterocycles. The SMILES string of the molecule is CNCc1cnc(-n2cc(Br)cn2)cn1. The van der Waals surface area contributed by atoms with Crippen molar-refractivity contribution >= 4 is 15.9 Å². The molecule has 15 heavy (non-hydrogen) atoms. The largest absolute Gasteiger partial charge is 0.314 e. The molecule has 0 aliphatic carbocycles. The normalized spacial score (nSPS) is 10.5. The van der Waals surface area contributed by atoms with Crippen LogP contribution in [0, 0.1) is 0 Å². The average Bonchev–Trinajstić information content (AvgIpc) is 2.67. The van der Waals surface area contributed by atoms with Crippen LogP contribution >= 0.6 is 15.9 Å². The van der Waals surface area contributed by atoms with E-state index in [4.69, 9.17) is 0 Å². The van der Waals surface area contributed by atoms with Gasteiger partial charge in [0.15, 0.2) is 5.82 Å². The molecule has 0 atom stereocenters. The lowest BCUT2D eigenvalue weighted by Gasteiger charge is -2.01. The molecule has 0 fully saturated rings. The van der Waals surface area contributed by atoms with Crippen molar-refractivity contribution < 1.29 is 0 Å². The Bertz CT molecular complexity index is 436. The number of halogens is 1. The maximum absolute atomic E-state index is 4.26. The Hall–Kier alpha value is -1.27. The zero-order valence-electron chi connectivity index (χ0n) is 8.18. The molecule has 2 aromatic rings. The molecule has 0 unspecified atom stereocenters. The third kappa shape index (κ3) is 2.40. The fourth-order valence-corrected chi connectivity index (χ4v) is 1.45. The number of nitrogens with one attached hydrogen (secondary N) is 1. The minimum Gasteiger partial charge on any atom is -0.314 e. The van der Waals surface area contributed by atoms with E-state index in [1.54, 1.807) is 23.3 Å². The van der Waals surface area contributed by atoms with Crippen molar-refractivity contribution in [2.75, 3.05) is 7.05 Å². The molecular weight excluding hydrogens is 258 g/mol. The van der Waals surface area contributed by atoms with E-state index in [0.717, 1.165) is 16.7 Å². The highest BCUT2D eigenvalue weighted by atomic mass is 79.9. The summed E-state index contributed by atoms with van der Waals surface area (Å²) in [5, 5.41) is 7.13. The van der Waals surface area contributed by atoms with Crippen LogP contribution in [-0.2, 0) is 6.54 Å². The molecule has 0 aliphatic rings. The van der Waals surface area contributed by atoms with Crippen molar-refractivity contribution in [2.24, 2.45) is 0 Å². The molecule has 0 aliphatic heterocycles. The summed E-state index contributed by atoms with van der Waals surface area (Å²) in [7, 11) is 1.88. The fourth-order valence-electron chi connectivity index (χ4n) is 1.16. The van der Waals surface area contributed by atoms with Crippen LogP contribution < -0.4 is 5.32 Å². The highest BCUT2D eigenvalue weighted by Gasteiger charge is 2.01. The van der Waals surface area contributed by atoms with Gasteiger partial charge in [0, 0.05) is 12.7 Å². The van der Waals surface area contributed by atoms with Crippen LogP contribution in [0.5, 0.6) is 0 Å². The molecule has 5 nitrogen and oxygen atoms in total. The number of nitrogens with zero attached hydrogens (tertiary/aromatic N) is 4. The van der Waals surface area contributed by atoms with Gasteiger partial charge in [-0.15, -0.1) is 0 Å². The van der Waals surface area contributed by atoms with E-state index in [2.05, 4.69) is 36.3 Å². The van der Waals surface area contributed by atoms with Crippen molar-refractivity contribution in [2.45, 2.75) is 6.54 Å². The molecular formula is C9H10BrN5. The average molecular weight is 268 g/mol. The first-order chi connectivity index (χ1) is 7.29. The molecule has 1 N–H and O–H groups in total. The Kier molecular flexibility index (Phi) is 3.08. The number of aromatic nitrogens is 4. The van der Waals surface area contributed by atoms with Gasteiger partial charge >= 0.3 is 0 Å². The molecule has 0 radical (unpaired) electrons. The molecule has 6 heteroatoms. The lowest BCUT2D eigenvalue weighted by Crippen LogP contribution is -2.08. The summed E-state index contributed by atoms with van der Waals surface area (Å²) in [4.78, 5) is 8.51. The van der Waals surface area contributed by atoms with E-state index in [9.17, 15) is 0 Å². The highest BCUT2D eigenvalue weighted by Crippen LogP contribution is 2.09. The third-order valence-electron chi connectivity index (χ3n) is 1.84. The van der Waals surface area contributed by atoms with Gasteiger partial charge in [0.25, 0.3) is 0 Å². The molecule has 0 amide bonds. The Balaban J connectivity index is 2.23. The molecule has 0 spiro atoms. The summed E-state index contributed by atoms with van der Waals surface area (Å²) in [6.45, 7) is 0.718. The first-order valence-electron chi connectivity index (χ1n) is 4.45. The summed E-state index contributed by atoms with van der Waals surface area (Å²) >= 11 is 3.33. The zero-order valence-corrected chi connectivity index (χ0v) is 9.77. The van der Waals surface area contributed by atoms with Gasteiger partial charge in [-0.3, -0.25) is 4.98 Å². The molecule has 0 aromatic carbocycles. The van der Waals surface area contributed by atoms with Crippen LogP contribution in [0.1, 0.15) is 5.69 Å². The lowest BCUT2D eigenvalue weighted by atomic mass is 10.4. The van der Waals surface area contributed by atoms with Gasteiger partial charge in [-0.1, -0.05) is 0 Å². The summed E-state index contributed by atoms with van der Waals surface area (Å²) in [6, 6.07) is 0. The van der Waals surface area contributed by atoms with Gasteiger partial charge in [-0.25, -0.2) is 9.67 Å². The molecule has 0 saturated heterocycles. The van der Waals surface area contributed by atoms with Gasteiger partial charge in [-0.05, 0) is 23.0 Å². The third-order valence-corrected chi connectivity index (χ3v) is 2.24. The monoisotopic (exact) mass is 267 g/mol. The minimum absolute atomic E-state index is 0.709. The Morgan fingerprint density at radius 2 is 2.20 bits per heavy atom. The minimum atomic E-state index is 0.709.